The van der Waals surface area contributed by atoms with Crippen LogP contribution < -0.4 is 11.0 Å². The van der Waals surface area contributed by atoms with Gasteiger partial charge in [0.15, 0.2) is 0 Å². The van der Waals surface area contributed by atoms with E-state index >= 15 is 0 Å². The van der Waals surface area contributed by atoms with Crippen molar-refractivity contribution in [3.05, 3.63) is 45.5 Å². The number of rotatable bonds is 1. The minimum atomic E-state index is -0.163. The van der Waals surface area contributed by atoms with E-state index in [2.05, 4.69) is 27.2 Å². The van der Waals surface area contributed by atoms with Crippen LogP contribution in [-0.2, 0) is 13.0 Å². The molecule has 4 N–H and O–H groups in total. The number of imidazole rings is 1. The fourth-order valence-electron chi connectivity index (χ4n) is 3.05. The molecule has 1 aromatic carbocycles. The summed E-state index contributed by atoms with van der Waals surface area (Å²) in [5, 5.41) is 3.41. The van der Waals surface area contributed by atoms with Crippen molar-refractivity contribution in [2.75, 3.05) is 6.54 Å². The van der Waals surface area contributed by atoms with Crippen LogP contribution in [0.3, 0.4) is 0 Å². The highest BCUT2D eigenvalue weighted by Gasteiger charge is 2.18. The molecule has 110 valence electrons. The van der Waals surface area contributed by atoms with Crippen LogP contribution in [0.4, 0.5) is 0 Å². The molecule has 0 saturated heterocycles. The number of H-pyrrole nitrogens is 3. The van der Waals surface area contributed by atoms with E-state index in [0.717, 1.165) is 41.8 Å². The molecule has 3 aromatic rings. The Bertz CT molecular complexity index is 858. The second-order valence-electron chi connectivity index (χ2n) is 5.35. The van der Waals surface area contributed by atoms with E-state index in [9.17, 15) is 4.79 Å². The lowest BCUT2D eigenvalue weighted by atomic mass is 10.0. The number of hydrogen-bond acceptors (Lipinski definition) is 2. The van der Waals surface area contributed by atoms with E-state index < -0.39 is 0 Å². The summed E-state index contributed by atoms with van der Waals surface area (Å²) in [4.78, 5) is 20.5. The molecule has 0 atom stereocenters. The van der Waals surface area contributed by atoms with Gasteiger partial charge >= 0.3 is 5.69 Å². The van der Waals surface area contributed by atoms with Crippen LogP contribution in [0.5, 0.6) is 0 Å². The first kappa shape index (κ1) is 14.0. The molecular formula is C15H17ClN4O. The SMILES string of the molecule is Cc1c(-c2ccc3[nH]c(=O)[nH]c3c2)[nH]c2c1CNCC2.Cl. The van der Waals surface area contributed by atoms with Gasteiger partial charge in [-0.2, -0.15) is 0 Å². The van der Waals surface area contributed by atoms with Crippen molar-refractivity contribution in [2.45, 2.75) is 19.9 Å². The van der Waals surface area contributed by atoms with Crippen molar-refractivity contribution in [2.24, 2.45) is 0 Å². The maximum Gasteiger partial charge on any atom is 0.323 e. The van der Waals surface area contributed by atoms with Gasteiger partial charge in [0.05, 0.1) is 11.0 Å². The molecule has 0 unspecified atom stereocenters. The maximum atomic E-state index is 11.3. The predicted octanol–water partition coefficient (Wildman–Crippen LogP) is 2.23. The largest absolute Gasteiger partial charge is 0.358 e. The van der Waals surface area contributed by atoms with Crippen LogP contribution in [0.25, 0.3) is 22.3 Å². The smallest absolute Gasteiger partial charge is 0.323 e. The van der Waals surface area contributed by atoms with Gasteiger partial charge < -0.3 is 20.3 Å². The van der Waals surface area contributed by atoms with Crippen LogP contribution in [0.2, 0.25) is 0 Å². The third-order valence-corrected chi connectivity index (χ3v) is 4.13. The van der Waals surface area contributed by atoms with E-state index in [1.807, 2.05) is 18.2 Å². The third-order valence-electron chi connectivity index (χ3n) is 4.13. The number of aromatic nitrogens is 3. The normalized spacial score (nSPS) is 14.0. The summed E-state index contributed by atoms with van der Waals surface area (Å²) in [7, 11) is 0. The highest BCUT2D eigenvalue weighted by Crippen LogP contribution is 2.30. The summed E-state index contributed by atoms with van der Waals surface area (Å²) in [6.45, 7) is 4.11. The van der Waals surface area contributed by atoms with Crippen molar-refractivity contribution in [3.8, 4) is 11.3 Å². The molecule has 0 bridgehead atoms. The second kappa shape index (κ2) is 5.09. The van der Waals surface area contributed by atoms with Gasteiger partial charge in [-0.15, -0.1) is 12.4 Å². The Morgan fingerprint density at radius 1 is 1.10 bits per heavy atom. The van der Waals surface area contributed by atoms with Gasteiger partial charge in [-0.25, -0.2) is 4.79 Å². The lowest BCUT2D eigenvalue weighted by Crippen LogP contribution is -2.23. The summed E-state index contributed by atoms with van der Waals surface area (Å²) in [6, 6.07) is 6.01. The molecule has 2 aromatic heterocycles. The average Bonchev–Trinajstić information content (AvgIpc) is 2.98. The number of aromatic amines is 3. The Labute approximate surface area is 127 Å². The van der Waals surface area contributed by atoms with E-state index in [1.54, 1.807) is 0 Å². The quantitative estimate of drug-likeness (QED) is 0.556. The molecule has 0 aliphatic carbocycles. The van der Waals surface area contributed by atoms with E-state index in [4.69, 9.17) is 0 Å². The fourth-order valence-corrected chi connectivity index (χ4v) is 3.05. The average molecular weight is 305 g/mol. The monoisotopic (exact) mass is 304 g/mol. The summed E-state index contributed by atoms with van der Waals surface area (Å²) >= 11 is 0. The highest BCUT2D eigenvalue weighted by atomic mass is 35.5. The summed E-state index contributed by atoms with van der Waals surface area (Å²) < 4.78 is 0. The maximum absolute atomic E-state index is 11.3. The minimum Gasteiger partial charge on any atom is -0.358 e. The molecule has 0 saturated carbocycles. The molecule has 0 spiro atoms. The van der Waals surface area contributed by atoms with Gasteiger partial charge in [-0.05, 0) is 30.2 Å². The molecule has 0 fully saturated rings. The molecule has 3 heterocycles. The fraction of sp³-hybridized carbons (Fsp3) is 0.267. The van der Waals surface area contributed by atoms with Gasteiger partial charge in [0.25, 0.3) is 0 Å². The second-order valence-corrected chi connectivity index (χ2v) is 5.35. The number of benzene rings is 1. The first-order valence-electron chi connectivity index (χ1n) is 6.86. The first-order chi connectivity index (χ1) is 9.72. The summed E-state index contributed by atoms with van der Waals surface area (Å²) in [5.41, 5.74) is 7.80. The van der Waals surface area contributed by atoms with Crippen molar-refractivity contribution >= 4 is 23.4 Å². The highest BCUT2D eigenvalue weighted by molar-refractivity contribution is 5.85. The van der Waals surface area contributed by atoms with Crippen LogP contribution in [0.15, 0.2) is 23.0 Å². The molecule has 0 radical (unpaired) electrons. The van der Waals surface area contributed by atoms with Gasteiger partial charge in [-0.3, -0.25) is 0 Å². The van der Waals surface area contributed by atoms with Crippen LogP contribution in [0.1, 0.15) is 16.8 Å². The van der Waals surface area contributed by atoms with Crippen molar-refractivity contribution < 1.29 is 0 Å². The van der Waals surface area contributed by atoms with E-state index in [1.165, 1.54) is 16.8 Å². The van der Waals surface area contributed by atoms with Crippen LogP contribution >= 0.6 is 12.4 Å². The Morgan fingerprint density at radius 3 is 2.71 bits per heavy atom. The number of nitrogens with one attached hydrogen (secondary N) is 4. The first-order valence-corrected chi connectivity index (χ1v) is 6.86. The standard InChI is InChI=1S/C15H16N4O.ClH/c1-8-10-7-16-5-4-11(10)17-14(8)9-2-3-12-13(6-9)19-15(20)18-12;/h2-3,6,16-17H,4-5,7H2,1H3,(H2,18,19,20);1H. The molecule has 4 rings (SSSR count). The van der Waals surface area contributed by atoms with Crippen molar-refractivity contribution in [3.63, 3.8) is 0 Å². The zero-order valence-electron chi connectivity index (χ0n) is 11.7. The number of fused-ring (bicyclic) bond motifs is 2. The Balaban J connectivity index is 0.00000132. The molecule has 1 aliphatic heterocycles. The molecular weight excluding hydrogens is 288 g/mol. The van der Waals surface area contributed by atoms with E-state index in [0.29, 0.717) is 0 Å². The van der Waals surface area contributed by atoms with Gasteiger partial charge in [0, 0.05) is 36.5 Å². The lowest BCUT2D eigenvalue weighted by molar-refractivity contribution is 0.636. The summed E-state index contributed by atoms with van der Waals surface area (Å²) in [5.74, 6) is 0. The summed E-state index contributed by atoms with van der Waals surface area (Å²) in [6.07, 6.45) is 1.04. The Hall–Kier alpha value is -1.98. The molecule has 21 heavy (non-hydrogen) atoms. The van der Waals surface area contributed by atoms with Crippen molar-refractivity contribution in [1.82, 2.24) is 20.3 Å². The van der Waals surface area contributed by atoms with Gasteiger partial charge in [-0.1, -0.05) is 6.07 Å². The molecule has 5 nitrogen and oxygen atoms in total. The molecule has 1 aliphatic rings. The zero-order valence-corrected chi connectivity index (χ0v) is 12.5. The van der Waals surface area contributed by atoms with Gasteiger partial charge in [0.1, 0.15) is 0 Å². The number of hydrogen-bond donors (Lipinski definition) is 4. The topological polar surface area (TPSA) is 76.5 Å². The van der Waals surface area contributed by atoms with Crippen molar-refractivity contribution in [1.29, 1.82) is 0 Å². The van der Waals surface area contributed by atoms with Crippen LogP contribution in [0, 0.1) is 6.92 Å². The number of halogens is 1. The zero-order chi connectivity index (χ0) is 13.7. The minimum absolute atomic E-state index is 0. The Kier molecular flexibility index (Phi) is 3.39. The predicted molar refractivity (Wildman–Crippen MR) is 86.1 cm³/mol. The van der Waals surface area contributed by atoms with Gasteiger partial charge in [0.2, 0.25) is 0 Å². The third kappa shape index (κ3) is 2.18. The molecule has 6 heteroatoms. The van der Waals surface area contributed by atoms with E-state index in [-0.39, 0.29) is 18.1 Å². The lowest BCUT2D eigenvalue weighted by Gasteiger charge is -2.12. The molecule has 0 amide bonds. The van der Waals surface area contributed by atoms with Crippen LogP contribution in [-0.4, -0.2) is 21.5 Å². The Morgan fingerprint density at radius 2 is 1.90 bits per heavy atom.